The molecular formula is C19H18FN3O2S. The number of aromatic nitrogens is 2. The van der Waals surface area contributed by atoms with Crippen molar-refractivity contribution in [3.05, 3.63) is 53.1 Å². The second kappa shape index (κ2) is 6.99. The first kappa shape index (κ1) is 16.9. The highest BCUT2D eigenvalue weighted by Crippen LogP contribution is 2.33. The van der Waals surface area contributed by atoms with Crippen molar-refractivity contribution < 1.29 is 14.3 Å². The van der Waals surface area contributed by atoms with E-state index in [0.717, 1.165) is 46.8 Å². The van der Waals surface area contributed by atoms with Crippen LogP contribution in [0.3, 0.4) is 0 Å². The topological polar surface area (TPSA) is 66.3 Å². The van der Waals surface area contributed by atoms with Crippen LogP contribution in [0.5, 0.6) is 0 Å². The zero-order valence-electron chi connectivity index (χ0n) is 14.1. The van der Waals surface area contributed by atoms with Crippen LogP contribution in [0.4, 0.5) is 9.52 Å². The number of nitrogens with zero attached hydrogens (tertiary/aromatic N) is 3. The molecule has 0 bridgehead atoms. The lowest BCUT2D eigenvalue weighted by Crippen LogP contribution is -2.29. The quantitative estimate of drug-likeness (QED) is 0.748. The third-order valence-corrected chi connectivity index (χ3v) is 5.61. The number of rotatable bonds is 4. The average Bonchev–Trinajstić information content (AvgIpc) is 3.07. The third-order valence-electron chi connectivity index (χ3n) is 4.55. The molecule has 0 radical (unpaired) electrons. The van der Waals surface area contributed by atoms with Gasteiger partial charge in [0.1, 0.15) is 11.5 Å². The van der Waals surface area contributed by atoms with Gasteiger partial charge < -0.3 is 10.0 Å². The molecule has 4 rings (SSSR count). The Morgan fingerprint density at radius 3 is 2.77 bits per heavy atom. The molecule has 1 saturated heterocycles. The number of pyridine rings is 1. The molecule has 0 spiro atoms. The minimum Gasteiger partial charge on any atom is -0.477 e. The maximum Gasteiger partial charge on any atom is 0.354 e. The monoisotopic (exact) mass is 371 g/mol. The molecule has 7 heteroatoms. The molecule has 3 heterocycles. The van der Waals surface area contributed by atoms with Crippen LogP contribution in [-0.2, 0) is 6.42 Å². The highest BCUT2D eigenvalue weighted by Gasteiger charge is 2.18. The summed E-state index contributed by atoms with van der Waals surface area (Å²) in [7, 11) is 0. The Hall–Kier alpha value is -2.54. The van der Waals surface area contributed by atoms with Gasteiger partial charge in [-0.05, 0) is 49.1 Å². The van der Waals surface area contributed by atoms with Crippen LogP contribution in [0.1, 0.15) is 41.0 Å². The van der Waals surface area contributed by atoms with E-state index in [4.69, 9.17) is 10.1 Å². The molecule has 1 aliphatic rings. The Balaban J connectivity index is 1.71. The summed E-state index contributed by atoms with van der Waals surface area (Å²) in [6.07, 6.45) is 3.90. The molecule has 1 fully saturated rings. The number of halogens is 1. The standard InChI is InChI=1S/C19H18FN3O2S/c20-13-9-12(10-14-5-4-6-15(21-14)18(24)25)17-16(11-13)26-19(22-17)23-7-2-1-3-8-23/h4-6,9,11H,1-3,7-8,10H2,(H,24,25). The largest absolute Gasteiger partial charge is 0.477 e. The van der Waals surface area contributed by atoms with Crippen LogP contribution in [0, 0.1) is 5.82 Å². The second-order valence-electron chi connectivity index (χ2n) is 6.45. The Bertz CT molecular complexity index is 967. The maximum absolute atomic E-state index is 14.1. The normalized spacial score (nSPS) is 14.7. The van der Waals surface area contributed by atoms with Crippen LogP contribution in [0.15, 0.2) is 30.3 Å². The van der Waals surface area contributed by atoms with E-state index in [1.807, 2.05) is 0 Å². The number of piperidine rings is 1. The molecule has 5 nitrogen and oxygen atoms in total. The molecule has 26 heavy (non-hydrogen) atoms. The summed E-state index contributed by atoms with van der Waals surface area (Å²) < 4.78 is 14.9. The summed E-state index contributed by atoms with van der Waals surface area (Å²) in [4.78, 5) is 22.3. The third kappa shape index (κ3) is 3.39. The van der Waals surface area contributed by atoms with E-state index in [1.165, 1.54) is 36.0 Å². The van der Waals surface area contributed by atoms with Crippen molar-refractivity contribution in [2.45, 2.75) is 25.7 Å². The van der Waals surface area contributed by atoms with Crippen LogP contribution < -0.4 is 4.90 Å². The molecule has 0 saturated carbocycles. The summed E-state index contributed by atoms with van der Waals surface area (Å²) >= 11 is 1.51. The smallest absolute Gasteiger partial charge is 0.354 e. The predicted octanol–water partition coefficient (Wildman–Crippen LogP) is 4.11. The summed E-state index contributed by atoms with van der Waals surface area (Å²) in [5.41, 5.74) is 2.08. The fourth-order valence-electron chi connectivity index (χ4n) is 3.30. The van der Waals surface area contributed by atoms with Gasteiger partial charge >= 0.3 is 5.97 Å². The first-order valence-electron chi connectivity index (χ1n) is 8.63. The van der Waals surface area contributed by atoms with Crippen LogP contribution in [0.25, 0.3) is 10.2 Å². The molecule has 0 unspecified atom stereocenters. The van der Waals surface area contributed by atoms with Gasteiger partial charge in [-0.15, -0.1) is 0 Å². The summed E-state index contributed by atoms with van der Waals surface area (Å²) in [5.74, 6) is -1.38. The van der Waals surface area contributed by atoms with Gasteiger partial charge in [-0.2, -0.15) is 0 Å². The Labute approximate surface area is 154 Å². The molecule has 0 amide bonds. The van der Waals surface area contributed by atoms with Gasteiger partial charge in [0.2, 0.25) is 0 Å². The molecule has 0 aliphatic carbocycles. The van der Waals surface area contributed by atoms with Crippen molar-refractivity contribution in [1.29, 1.82) is 0 Å². The number of hydrogen-bond donors (Lipinski definition) is 1. The molecule has 1 N–H and O–H groups in total. The molecule has 3 aromatic rings. The lowest BCUT2D eigenvalue weighted by atomic mass is 10.1. The number of anilines is 1. The number of carboxylic acids is 1. The van der Waals surface area contributed by atoms with E-state index in [0.29, 0.717) is 12.1 Å². The highest BCUT2D eigenvalue weighted by molar-refractivity contribution is 7.22. The van der Waals surface area contributed by atoms with Gasteiger partial charge in [0.25, 0.3) is 0 Å². The van der Waals surface area contributed by atoms with Crippen molar-refractivity contribution >= 4 is 32.7 Å². The van der Waals surface area contributed by atoms with Crippen molar-refractivity contribution in [2.24, 2.45) is 0 Å². The van der Waals surface area contributed by atoms with Gasteiger partial charge in [0.15, 0.2) is 5.13 Å². The fourth-order valence-corrected chi connectivity index (χ4v) is 4.39. The van der Waals surface area contributed by atoms with Gasteiger partial charge in [0.05, 0.1) is 10.2 Å². The van der Waals surface area contributed by atoms with Crippen molar-refractivity contribution in [3.8, 4) is 0 Å². The average molecular weight is 371 g/mol. The number of hydrogen-bond acceptors (Lipinski definition) is 5. The molecular weight excluding hydrogens is 353 g/mol. The van der Waals surface area contributed by atoms with Crippen molar-refractivity contribution in [2.75, 3.05) is 18.0 Å². The molecule has 2 aromatic heterocycles. The van der Waals surface area contributed by atoms with E-state index in [2.05, 4.69) is 9.88 Å². The van der Waals surface area contributed by atoms with Gasteiger partial charge in [0, 0.05) is 25.2 Å². The van der Waals surface area contributed by atoms with E-state index in [9.17, 15) is 9.18 Å². The molecule has 134 valence electrons. The van der Waals surface area contributed by atoms with E-state index in [1.54, 1.807) is 12.1 Å². The highest BCUT2D eigenvalue weighted by atomic mass is 32.1. The van der Waals surface area contributed by atoms with Gasteiger partial charge in [-0.1, -0.05) is 17.4 Å². The number of carboxylic acid groups (broad SMARTS) is 1. The Morgan fingerprint density at radius 2 is 2.00 bits per heavy atom. The van der Waals surface area contributed by atoms with E-state index >= 15 is 0 Å². The van der Waals surface area contributed by atoms with Gasteiger partial charge in [-0.25, -0.2) is 19.2 Å². The maximum atomic E-state index is 14.1. The minimum absolute atomic E-state index is 0.0116. The first-order chi connectivity index (χ1) is 12.6. The zero-order valence-corrected chi connectivity index (χ0v) is 14.9. The number of aromatic carboxylic acids is 1. The second-order valence-corrected chi connectivity index (χ2v) is 7.46. The predicted molar refractivity (Wildman–Crippen MR) is 99.6 cm³/mol. The number of carbonyl (C=O) groups is 1. The van der Waals surface area contributed by atoms with Crippen LogP contribution in [0.2, 0.25) is 0 Å². The molecule has 1 aliphatic heterocycles. The number of benzene rings is 1. The SMILES string of the molecule is O=C(O)c1cccc(Cc2cc(F)cc3sc(N4CCCCC4)nc23)n1. The Kier molecular flexibility index (Phi) is 4.55. The zero-order chi connectivity index (χ0) is 18.1. The summed E-state index contributed by atoms with van der Waals surface area (Å²) in [6.45, 7) is 1.97. The number of fused-ring (bicyclic) bond motifs is 1. The minimum atomic E-state index is -1.07. The van der Waals surface area contributed by atoms with Crippen LogP contribution in [-0.4, -0.2) is 34.1 Å². The van der Waals surface area contributed by atoms with Crippen molar-refractivity contribution in [1.82, 2.24) is 9.97 Å². The fraction of sp³-hybridized carbons (Fsp3) is 0.316. The van der Waals surface area contributed by atoms with E-state index in [-0.39, 0.29) is 11.5 Å². The van der Waals surface area contributed by atoms with Crippen molar-refractivity contribution in [3.63, 3.8) is 0 Å². The first-order valence-corrected chi connectivity index (χ1v) is 9.45. The Morgan fingerprint density at radius 1 is 1.19 bits per heavy atom. The number of thiazole rings is 1. The molecule has 1 aromatic carbocycles. The molecule has 0 atom stereocenters. The van der Waals surface area contributed by atoms with E-state index < -0.39 is 5.97 Å². The lowest BCUT2D eigenvalue weighted by molar-refractivity contribution is 0.0690. The van der Waals surface area contributed by atoms with Crippen LogP contribution >= 0.6 is 11.3 Å². The summed E-state index contributed by atoms with van der Waals surface area (Å²) in [6, 6.07) is 7.84. The van der Waals surface area contributed by atoms with Gasteiger partial charge in [-0.3, -0.25) is 0 Å². The lowest BCUT2D eigenvalue weighted by Gasteiger charge is -2.25. The summed E-state index contributed by atoms with van der Waals surface area (Å²) in [5, 5.41) is 10.0.